The number of aliphatic hydroxyl groups excluding tert-OH is 2. The zero-order chi connectivity index (χ0) is 10.3. The number of nitrogens with zero attached hydrogens (tertiary/aromatic N) is 1. The number of rotatable bonds is 2. The van der Waals surface area contributed by atoms with Gasteiger partial charge in [0.2, 0.25) is 0 Å². The Morgan fingerprint density at radius 2 is 2.00 bits per heavy atom. The van der Waals surface area contributed by atoms with E-state index in [1.165, 1.54) is 5.69 Å². The second kappa shape index (κ2) is 3.61. The van der Waals surface area contributed by atoms with Crippen LogP contribution in [0.3, 0.4) is 0 Å². The molecule has 1 aliphatic heterocycles. The number of hydrogen-bond acceptors (Lipinski definition) is 3. The molecule has 2 heterocycles. The molecule has 3 nitrogen and oxygen atoms in total. The molecule has 0 unspecified atom stereocenters. The normalized spacial score (nSPS) is 20.1. The van der Waals surface area contributed by atoms with Crippen LogP contribution in [-0.2, 0) is 19.0 Å². The first-order valence-electron chi connectivity index (χ1n) is 4.75. The molecular weight excluding hydrogens is 198 g/mol. The number of hydrogen-bond donors (Lipinski definition) is 2. The van der Waals surface area contributed by atoms with E-state index in [0.717, 1.165) is 22.6 Å². The lowest BCUT2D eigenvalue weighted by Crippen LogP contribution is -2.00. The van der Waals surface area contributed by atoms with Crippen LogP contribution in [0.1, 0.15) is 34.8 Å². The Morgan fingerprint density at radius 3 is 2.57 bits per heavy atom. The number of aliphatic hydroxyl groups is 2. The fourth-order valence-corrected chi connectivity index (χ4v) is 3.35. The van der Waals surface area contributed by atoms with Gasteiger partial charge >= 0.3 is 0 Å². The summed E-state index contributed by atoms with van der Waals surface area (Å²) >= 11 is 1.87. The van der Waals surface area contributed by atoms with Gasteiger partial charge in [-0.2, -0.15) is 0 Å². The first-order chi connectivity index (χ1) is 6.70. The maximum atomic E-state index is 9.28. The summed E-state index contributed by atoms with van der Waals surface area (Å²) in [7, 11) is 0. The number of thioether (sulfide) groups is 1. The van der Waals surface area contributed by atoms with E-state index in [-0.39, 0.29) is 13.2 Å². The molecule has 0 aromatic carbocycles. The van der Waals surface area contributed by atoms with Gasteiger partial charge in [0.05, 0.1) is 18.6 Å². The molecule has 0 spiro atoms. The maximum absolute atomic E-state index is 9.28. The van der Waals surface area contributed by atoms with E-state index in [4.69, 9.17) is 0 Å². The lowest BCUT2D eigenvalue weighted by atomic mass is 10.1. The van der Waals surface area contributed by atoms with E-state index in [0.29, 0.717) is 5.37 Å². The van der Waals surface area contributed by atoms with Crippen LogP contribution in [-0.4, -0.2) is 14.8 Å². The molecule has 2 N–H and O–H groups in total. The average Bonchev–Trinajstić information content (AvgIpc) is 2.66. The summed E-state index contributed by atoms with van der Waals surface area (Å²) in [5.74, 6) is 0.942. The molecular formula is C10H15NO2S. The predicted octanol–water partition coefficient (Wildman–Crippen LogP) is 1.55. The summed E-state index contributed by atoms with van der Waals surface area (Å²) in [5, 5.41) is 18.9. The van der Waals surface area contributed by atoms with Gasteiger partial charge in [0.25, 0.3) is 0 Å². The summed E-state index contributed by atoms with van der Waals surface area (Å²) in [6.45, 7) is 4.22. The molecule has 1 aromatic rings. The predicted molar refractivity (Wildman–Crippen MR) is 57.0 cm³/mol. The van der Waals surface area contributed by atoms with E-state index in [2.05, 4.69) is 11.5 Å². The van der Waals surface area contributed by atoms with Gasteiger partial charge < -0.3 is 14.8 Å². The topological polar surface area (TPSA) is 45.4 Å². The molecule has 2 rings (SSSR count). The van der Waals surface area contributed by atoms with E-state index in [1.807, 2.05) is 18.7 Å². The molecule has 14 heavy (non-hydrogen) atoms. The minimum absolute atomic E-state index is 0.0269. The molecule has 0 saturated carbocycles. The van der Waals surface area contributed by atoms with Gasteiger partial charge in [-0.3, -0.25) is 0 Å². The molecule has 0 fully saturated rings. The highest BCUT2D eigenvalue weighted by Crippen LogP contribution is 2.41. The van der Waals surface area contributed by atoms with Gasteiger partial charge in [-0.1, -0.05) is 0 Å². The number of aromatic nitrogens is 1. The van der Waals surface area contributed by atoms with Crippen LogP contribution in [0.15, 0.2) is 0 Å². The second-order valence-electron chi connectivity index (χ2n) is 3.59. The highest BCUT2D eigenvalue weighted by atomic mass is 32.2. The Balaban J connectivity index is 2.61. The van der Waals surface area contributed by atoms with Crippen molar-refractivity contribution in [3.8, 4) is 0 Å². The van der Waals surface area contributed by atoms with E-state index < -0.39 is 0 Å². The minimum atomic E-state index is 0.0269. The highest BCUT2D eigenvalue weighted by Gasteiger charge is 2.27. The molecule has 0 radical (unpaired) electrons. The maximum Gasteiger partial charge on any atom is 0.0769 e. The van der Waals surface area contributed by atoms with Crippen LogP contribution in [0, 0.1) is 6.92 Å². The monoisotopic (exact) mass is 213 g/mol. The molecule has 4 heteroatoms. The Morgan fingerprint density at radius 1 is 1.36 bits per heavy atom. The van der Waals surface area contributed by atoms with Crippen molar-refractivity contribution in [3.05, 3.63) is 22.5 Å². The summed E-state index contributed by atoms with van der Waals surface area (Å²) < 4.78 is 2.22. The third-order valence-electron chi connectivity index (χ3n) is 2.94. The van der Waals surface area contributed by atoms with Gasteiger partial charge in [0.1, 0.15) is 0 Å². The largest absolute Gasteiger partial charge is 0.392 e. The van der Waals surface area contributed by atoms with Crippen LogP contribution in [0.2, 0.25) is 0 Å². The van der Waals surface area contributed by atoms with Crippen molar-refractivity contribution in [2.24, 2.45) is 0 Å². The summed E-state index contributed by atoms with van der Waals surface area (Å²) in [6, 6.07) is 0. The van der Waals surface area contributed by atoms with Crippen LogP contribution >= 0.6 is 11.8 Å². The molecule has 0 saturated heterocycles. The molecule has 0 aliphatic carbocycles. The van der Waals surface area contributed by atoms with Gasteiger partial charge in [0.15, 0.2) is 0 Å². The fraction of sp³-hybridized carbons (Fsp3) is 0.600. The summed E-state index contributed by atoms with van der Waals surface area (Å²) in [6.07, 6.45) is 0. The van der Waals surface area contributed by atoms with Crippen LogP contribution in [0.5, 0.6) is 0 Å². The molecule has 78 valence electrons. The summed E-state index contributed by atoms with van der Waals surface area (Å²) in [5.41, 5.74) is 4.13. The Kier molecular flexibility index (Phi) is 2.60. The third kappa shape index (κ3) is 1.21. The first-order valence-corrected chi connectivity index (χ1v) is 5.80. The van der Waals surface area contributed by atoms with Crippen molar-refractivity contribution in [2.75, 3.05) is 0 Å². The second-order valence-corrected chi connectivity index (χ2v) is 4.89. The van der Waals surface area contributed by atoms with Crippen LogP contribution in [0.4, 0.5) is 0 Å². The first kappa shape index (κ1) is 10.1. The van der Waals surface area contributed by atoms with Crippen molar-refractivity contribution in [1.29, 1.82) is 0 Å². The standard InChI is InChI=1S/C10H15NO2S/c1-6-8(3-12)9(4-13)10-5-14-7(2)11(6)10/h7,12-13H,3-5H2,1-2H3/t7-/m0/s1. The van der Waals surface area contributed by atoms with Crippen LogP contribution < -0.4 is 0 Å². The Bertz CT molecular complexity index is 359. The van der Waals surface area contributed by atoms with Crippen LogP contribution in [0.25, 0.3) is 0 Å². The van der Waals surface area contributed by atoms with Gasteiger partial charge in [-0.05, 0) is 13.8 Å². The minimum Gasteiger partial charge on any atom is -0.392 e. The van der Waals surface area contributed by atoms with Gasteiger partial charge in [0, 0.05) is 28.3 Å². The molecule has 1 aromatic heterocycles. The summed E-state index contributed by atoms with van der Waals surface area (Å²) in [4.78, 5) is 0. The molecule has 1 atom stereocenters. The van der Waals surface area contributed by atoms with Crippen molar-refractivity contribution in [1.82, 2.24) is 4.57 Å². The zero-order valence-corrected chi connectivity index (χ0v) is 9.27. The van der Waals surface area contributed by atoms with Crippen molar-refractivity contribution >= 4 is 11.8 Å². The quantitative estimate of drug-likeness (QED) is 0.783. The molecule has 0 bridgehead atoms. The molecule has 0 amide bonds. The highest BCUT2D eigenvalue weighted by molar-refractivity contribution is 7.98. The molecule has 1 aliphatic rings. The third-order valence-corrected chi connectivity index (χ3v) is 4.08. The Hall–Kier alpha value is -0.450. The van der Waals surface area contributed by atoms with Gasteiger partial charge in [-0.15, -0.1) is 11.8 Å². The van der Waals surface area contributed by atoms with Crippen molar-refractivity contribution in [3.63, 3.8) is 0 Å². The van der Waals surface area contributed by atoms with E-state index in [9.17, 15) is 10.2 Å². The zero-order valence-electron chi connectivity index (χ0n) is 8.45. The fourth-order valence-electron chi connectivity index (χ4n) is 2.21. The number of fused-ring (bicyclic) bond motifs is 1. The van der Waals surface area contributed by atoms with E-state index in [1.54, 1.807) is 0 Å². The van der Waals surface area contributed by atoms with Crippen molar-refractivity contribution < 1.29 is 10.2 Å². The lowest BCUT2D eigenvalue weighted by molar-refractivity contribution is 0.260. The lowest BCUT2D eigenvalue weighted by Gasteiger charge is -2.09. The van der Waals surface area contributed by atoms with Gasteiger partial charge in [-0.25, -0.2) is 0 Å². The van der Waals surface area contributed by atoms with Crippen molar-refractivity contribution in [2.45, 2.75) is 38.2 Å². The van der Waals surface area contributed by atoms with E-state index >= 15 is 0 Å². The smallest absolute Gasteiger partial charge is 0.0769 e. The average molecular weight is 213 g/mol. The Labute approximate surface area is 87.7 Å². The SMILES string of the molecule is Cc1c(CO)c(CO)c2n1[C@H](C)SC2.